The van der Waals surface area contributed by atoms with Gasteiger partial charge in [-0.15, -0.1) is 0 Å². The molecule has 1 rings (SSSR count). The second-order valence-corrected chi connectivity index (χ2v) is 3.44. The molecule has 1 aliphatic rings. The molecule has 4 nitrogen and oxygen atoms in total. The second kappa shape index (κ2) is 5.19. The van der Waals surface area contributed by atoms with E-state index in [2.05, 4.69) is 5.32 Å². The maximum Gasteiger partial charge on any atom is 0.320 e. The zero-order valence-electron chi connectivity index (χ0n) is 7.95. The molecule has 0 spiro atoms. The van der Waals surface area contributed by atoms with Gasteiger partial charge in [0.1, 0.15) is 6.04 Å². The number of carbonyl (C=O) groups is 1. The van der Waals surface area contributed by atoms with Crippen molar-refractivity contribution in [3.05, 3.63) is 0 Å². The number of aliphatic carboxylic acids is 1. The molecule has 1 saturated heterocycles. The Bertz CT molecular complexity index is 166. The lowest BCUT2D eigenvalue weighted by atomic mass is 10.2. The van der Waals surface area contributed by atoms with Crippen LogP contribution in [0.4, 0.5) is 0 Å². The minimum absolute atomic E-state index is 0.341. The number of hydrogen-bond donors (Lipinski definition) is 2. The Balaban J connectivity index is 2.02. The molecule has 0 bridgehead atoms. The first-order chi connectivity index (χ1) is 6.20. The van der Waals surface area contributed by atoms with Gasteiger partial charge in [-0.1, -0.05) is 0 Å². The Morgan fingerprint density at radius 3 is 3.08 bits per heavy atom. The van der Waals surface area contributed by atoms with Gasteiger partial charge in [0.15, 0.2) is 0 Å². The summed E-state index contributed by atoms with van der Waals surface area (Å²) >= 11 is 0. The van der Waals surface area contributed by atoms with Crippen LogP contribution in [0.1, 0.15) is 26.2 Å². The van der Waals surface area contributed by atoms with E-state index in [9.17, 15) is 4.79 Å². The molecular weight excluding hydrogens is 170 g/mol. The van der Waals surface area contributed by atoms with Gasteiger partial charge in [0.25, 0.3) is 0 Å². The zero-order valence-corrected chi connectivity index (χ0v) is 7.95. The van der Waals surface area contributed by atoms with Gasteiger partial charge >= 0.3 is 5.97 Å². The Kier molecular flexibility index (Phi) is 4.18. The third kappa shape index (κ3) is 3.74. The van der Waals surface area contributed by atoms with Crippen molar-refractivity contribution in [3.63, 3.8) is 0 Å². The van der Waals surface area contributed by atoms with E-state index in [-0.39, 0.29) is 0 Å². The lowest BCUT2D eigenvalue weighted by Gasteiger charge is -2.12. The Hall–Kier alpha value is -0.610. The van der Waals surface area contributed by atoms with Gasteiger partial charge in [0, 0.05) is 6.61 Å². The van der Waals surface area contributed by atoms with Gasteiger partial charge in [0.2, 0.25) is 0 Å². The van der Waals surface area contributed by atoms with E-state index in [0.29, 0.717) is 6.10 Å². The van der Waals surface area contributed by atoms with Gasteiger partial charge in [-0.2, -0.15) is 0 Å². The average molecular weight is 187 g/mol. The van der Waals surface area contributed by atoms with Crippen molar-refractivity contribution >= 4 is 5.97 Å². The number of ether oxygens (including phenoxy) is 1. The molecule has 76 valence electrons. The molecule has 1 heterocycles. The predicted molar refractivity (Wildman–Crippen MR) is 48.7 cm³/mol. The lowest BCUT2D eigenvalue weighted by molar-refractivity contribution is -0.139. The largest absolute Gasteiger partial charge is 0.480 e. The van der Waals surface area contributed by atoms with E-state index < -0.39 is 12.0 Å². The third-order valence-corrected chi connectivity index (χ3v) is 2.31. The summed E-state index contributed by atoms with van der Waals surface area (Å²) in [4.78, 5) is 10.4. The number of nitrogens with one attached hydrogen (secondary N) is 1. The SMILES string of the molecule is CC(NCCC1CCCO1)C(=O)O. The molecule has 2 N–H and O–H groups in total. The highest BCUT2D eigenvalue weighted by molar-refractivity contribution is 5.72. The molecule has 0 radical (unpaired) electrons. The van der Waals surface area contributed by atoms with E-state index in [1.165, 1.54) is 0 Å². The van der Waals surface area contributed by atoms with Crippen molar-refractivity contribution < 1.29 is 14.6 Å². The van der Waals surface area contributed by atoms with Crippen LogP contribution in [0, 0.1) is 0 Å². The topological polar surface area (TPSA) is 58.6 Å². The summed E-state index contributed by atoms with van der Waals surface area (Å²) in [6.45, 7) is 3.23. The molecule has 0 saturated carbocycles. The number of carboxylic acids is 1. The highest BCUT2D eigenvalue weighted by Gasteiger charge is 2.16. The molecule has 2 unspecified atom stereocenters. The Labute approximate surface area is 78.3 Å². The molecule has 4 heteroatoms. The summed E-state index contributed by atoms with van der Waals surface area (Å²) in [6.07, 6.45) is 3.51. The van der Waals surface area contributed by atoms with Gasteiger partial charge in [0.05, 0.1) is 6.10 Å². The molecule has 0 amide bonds. The summed E-state index contributed by atoms with van der Waals surface area (Å²) < 4.78 is 5.41. The van der Waals surface area contributed by atoms with Crippen LogP contribution in [0.3, 0.4) is 0 Å². The van der Waals surface area contributed by atoms with Crippen molar-refractivity contribution in [2.45, 2.75) is 38.3 Å². The van der Waals surface area contributed by atoms with Crippen LogP contribution >= 0.6 is 0 Å². The molecular formula is C9H17NO3. The fraction of sp³-hybridized carbons (Fsp3) is 0.889. The van der Waals surface area contributed by atoms with E-state index >= 15 is 0 Å². The number of carboxylic acid groups (broad SMARTS) is 1. The first kappa shape index (κ1) is 10.5. The monoisotopic (exact) mass is 187 g/mol. The van der Waals surface area contributed by atoms with Gasteiger partial charge in [-0.3, -0.25) is 4.79 Å². The molecule has 0 aromatic heterocycles. The minimum atomic E-state index is -0.799. The van der Waals surface area contributed by atoms with Crippen molar-refractivity contribution in [2.75, 3.05) is 13.2 Å². The van der Waals surface area contributed by atoms with E-state index in [4.69, 9.17) is 9.84 Å². The number of rotatable bonds is 5. The van der Waals surface area contributed by atoms with Gasteiger partial charge in [-0.25, -0.2) is 0 Å². The van der Waals surface area contributed by atoms with Crippen molar-refractivity contribution in [3.8, 4) is 0 Å². The van der Waals surface area contributed by atoms with Gasteiger partial charge < -0.3 is 15.2 Å². The summed E-state index contributed by atoms with van der Waals surface area (Å²) in [7, 11) is 0. The van der Waals surface area contributed by atoms with E-state index in [1.54, 1.807) is 6.92 Å². The van der Waals surface area contributed by atoms with Crippen LogP contribution < -0.4 is 5.32 Å². The Morgan fingerprint density at radius 1 is 1.77 bits per heavy atom. The van der Waals surface area contributed by atoms with Crippen molar-refractivity contribution in [1.82, 2.24) is 5.32 Å². The van der Waals surface area contributed by atoms with Crippen LogP contribution in [0.25, 0.3) is 0 Å². The van der Waals surface area contributed by atoms with Crippen LogP contribution in [0.5, 0.6) is 0 Å². The fourth-order valence-corrected chi connectivity index (χ4v) is 1.42. The van der Waals surface area contributed by atoms with Crippen LogP contribution in [-0.2, 0) is 9.53 Å². The molecule has 1 aliphatic heterocycles. The van der Waals surface area contributed by atoms with Crippen LogP contribution in [0.15, 0.2) is 0 Å². The summed E-state index contributed by atoms with van der Waals surface area (Å²) in [5.74, 6) is -0.799. The summed E-state index contributed by atoms with van der Waals surface area (Å²) in [5.41, 5.74) is 0. The van der Waals surface area contributed by atoms with Gasteiger partial charge in [-0.05, 0) is 32.7 Å². The molecule has 1 fully saturated rings. The first-order valence-electron chi connectivity index (χ1n) is 4.78. The highest BCUT2D eigenvalue weighted by Crippen LogP contribution is 2.14. The van der Waals surface area contributed by atoms with Crippen molar-refractivity contribution in [2.24, 2.45) is 0 Å². The zero-order chi connectivity index (χ0) is 9.68. The standard InChI is InChI=1S/C9H17NO3/c1-7(9(11)12)10-5-4-8-3-2-6-13-8/h7-8,10H,2-6H2,1H3,(H,11,12). The smallest absolute Gasteiger partial charge is 0.320 e. The quantitative estimate of drug-likeness (QED) is 0.662. The normalized spacial score (nSPS) is 24.5. The molecule has 2 atom stereocenters. The highest BCUT2D eigenvalue weighted by atomic mass is 16.5. The molecule has 0 aromatic rings. The summed E-state index contributed by atoms with van der Waals surface area (Å²) in [5, 5.41) is 11.5. The van der Waals surface area contributed by atoms with E-state index in [1.807, 2.05) is 0 Å². The molecule has 13 heavy (non-hydrogen) atoms. The lowest BCUT2D eigenvalue weighted by Crippen LogP contribution is -2.35. The van der Waals surface area contributed by atoms with Crippen LogP contribution in [-0.4, -0.2) is 36.4 Å². The average Bonchev–Trinajstić information content (AvgIpc) is 2.56. The molecule has 0 aliphatic carbocycles. The second-order valence-electron chi connectivity index (χ2n) is 3.44. The first-order valence-corrected chi connectivity index (χ1v) is 4.78. The maximum absolute atomic E-state index is 10.4. The van der Waals surface area contributed by atoms with E-state index in [0.717, 1.165) is 32.4 Å². The summed E-state index contributed by atoms with van der Waals surface area (Å²) in [6, 6.07) is -0.457. The minimum Gasteiger partial charge on any atom is -0.480 e. The molecule has 0 aromatic carbocycles. The maximum atomic E-state index is 10.4. The third-order valence-electron chi connectivity index (χ3n) is 2.31. The predicted octanol–water partition coefficient (Wildman–Crippen LogP) is 0.618. The Morgan fingerprint density at radius 2 is 2.54 bits per heavy atom. The van der Waals surface area contributed by atoms with Crippen LogP contribution in [0.2, 0.25) is 0 Å². The fourth-order valence-electron chi connectivity index (χ4n) is 1.42. The number of hydrogen-bond acceptors (Lipinski definition) is 3. The van der Waals surface area contributed by atoms with Crippen molar-refractivity contribution in [1.29, 1.82) is 0 Å².